The maximum atomic E-state index is 12.8. The highest BCUT2D eigenvalue weighted by Crippen LogP contribution is 2.30. The van der Waals surface area contributed by atoms with Gasteiger partial charge < -0.3 is 4.74 Å². The van der Waals surface area contributed by atoms with Crippen molar-refractivity contribution in [3.05, 3.63) is 64.2 Å². The largest absolute Gasteiger partial charge is 0.454 e. The van der Waals surface area contributed by atoms with Gasteiger partial charge in [-0.15, -0.1) is 0 Å². The Morgan fingerprint density at radius 1 is 1.03 bits per heavy atom. The summed E-state index contributed by atoms with van der Waals surface area (Å²) in [6, 6.07) is 7.27. The van der Waals surface area contributed by atoms with Crippen molar-refractivity contribution in [1.82, 2.24) is 4.31 Å². The molecule has 0 aromatic heterocycles. The molecule has 0 bridgehead atoms. The molecule has 166 valence electrons. The van der Waals surface area contributed by atoms with E-state index in [1.807, 2.05) is 0 Å². The molecule has 0 amide bonds. The van der Waals surface area contributed by atoms with Crippen LogP contribution in [0.3, 0.4) is 0 Å². The van der Waals surface area contributed by atoms with Gasteiger partial charge in [0.1, 0.15) is 4.90 Å². The summed E-state index contributed by atoms with van der Waals surface area (Å²) in [4.78, 5) is 24.2. The summed E-state index contributed by atoms with van der Waals surface area (Å²) < 4.78 is 70.0. The zero-order chi connectivity index (χ0) is 22.8. The van der Waals surface area contributed by atoms with E-state index in [0.29, 0.717) is 19.2 Å². The standard InChI is InChI=1S/C20H17ClF3NO5S/c21-16-7-6-14(11-18(16)31(28,29)25-8-1-2-9-25)19(27)30-12-17(26)13-4-3-5-15(10-13)20(22,23)24/h3-7,10-11H,1-2,8-9,12H2. The first-order chi connectivity index (χ1) is 14.5. The summed E-state index contributed by atoms with van der Waals surface area (Å²) in [5.41, 5.74) is -1.42. The molecule has 1 heterocycles. The molecule has 0 saturated carbocycles. The summed E-state index contributed by atoms with van der Waals surface area (Å²) in [6.07, 6.45) is -3.18. The van der Waals surface area contributed by atoms with Gasteiger partial charge in [-0.25, -0.2) is 13.2 Å². The van der Waals surface area contributed by atoms with Gasteiger partial charge in [0.05, 0.1) is 16.1 Å². The fraction of sp³-hybridized carbons (Fsp3) is 0.300. The number of ketones is 1. The molecule has 0 spiro atoms. The Morgan fingerprint density at radius 3 is 2.35 bits per heavy atom. The third-order valence-corrected chi connectivity index (χ3v) is 7.08. The summed E-state index contributed by atoms with van der Waals surface area (Å²) >= 11 is 6.02. The molecule has 0 N–H and O–H groups in total. The van der Waals surface area contributed by atoms with E-state index in [1.165, 1.54) is 22.5 Å². The van der Waals surface area contributed by atoms with Crippen molar-refractivity contribution in [3.63, 3.8) is 0 Å². The Bertz CT molecular complexity index is 1110. The number of halogens is 4. The predicted octanol–water partition coefficient (Wildman–Crippen LogP) is 4.18. The number of Topliss-reactive ketones (excluding diaryl/α,β-unsaturated/α-hetero) is 1. The van der Waals surface area contributed by atoms with Crippen molar-refractivity contribution in [1.29, 1.82) is 0 Å². The number of sulfonamides is 1. The first-order valence-corrected chi connectivity index (χ1v) is 11.0. The smallest absolute Gasteiger partial charge is 0.416 e. The molecule has 1 saturated heterocycles. The second-order valence-corrected chi connectivity index (χ2v) is 9.15. The highest BCUT2D eigenvalue weighted by atomic mass is 35.5. The minimum atomic E-state index is -4.62. The fourth-order valence-corrected chi connectivity index (χ4v) is 5.08. The van der Waals surface area contributed by atoms with E-state index in [2.05, 4.69) is 0 Å². The average molecular weight is 476 g/mol. The molecule has 1 aliphatic rings. The minimum Gasteiger partial charge on any atom is -0.454 e. The van der Waals surface area contributed by atoms with E-state index in [0.717, 1.165) is 31.0 Å². The maximum absolute atomic E-state index is 12.8. The summed E-state index contributed by atoms with van der Waals surface area (Å²) in [5.74, 6) is -1.84. The Balaban J connectivity index is 1.73. The average Bonchev–Trinajstić information content (AvgIpc) is 3.27. The molecule has 3 rings (SSSR count). The fourth-order valence-electron chi connectivity index (χ4n) is 3.06. The summed E-state index contributed by atoms with van der Waals surface area (Å²) in [7, 11) is -3.90. The van der Waals surface area contributed by atoms with Crippen molar-refractivity contribution in [3.8, 4) is 0 Å². The van der Waals surface area contributed by atoms with Crippen LogP contribution in [0.15, 0.2) is 47.4 Å². The minimum absolute atomic E-state index is 0.0662. The Morgan fingerprint density at radius 2 is 1.71 bits per heavy atom. The van der Waals surface area contributed by atoms with Crippen molar-refractivity contribution in [2.75, 3.05) is 19.7 Å². The van der Waals surface area contributed by atoms with Gasteiger partial charge in [0.15, 0.2) is 12.4 Å². The zero-order valence-corrected chi connectivity index (χ0v) is 17.6. The molecule has 2 aromatic rings. The number of rotatable bonds is 6. The van der Waals surface area contributed by atoms with Crippen molar-refractivity contribution < 1.29 is 35.9 Å². The number of esters is 1. The quantitative estimate of drug-likeness (QED) is 0.462. The van der Waals surface area contributed by atoms with E-state index >= 15 is 0 Å². The van der Waals surface area contributed by atoms with E-state index in [-0.39, 0.29) is 21.0 Å². The number of benzene rings is 2. The van der Waals surface area contributed by atoms with Gasteiger partial charge in [0.25, 0.3) is 0 Å². The highest BCUT2D eigenvalue weighted by molar-refractivity contribution is 7.89. The first kappa shape index (κ1) is 23.2. The second kappa shape index (κ2) is 8.97. The van der Waals surface area contributed by atoms with E-state index in [1.54, 1.807) is 0 Å². The molecular formula is C20H17ClF3NO5S. The number of hydrogen-bond acceptors (Lipinski definition) is 5. The maximum Gasteiger partial charge on any atom is 0.416 e. The SMILES string of the molecule is O=C(COC(=O)c1ccc(Cl)c(S(=O)(=O)N2CCCC2)c1)c1cccc(C(F)(F)F)c1. The normalized spacial score (nSPS) is 15.1. The van der Waals surface area contributed by atoms with Gasteiger partial charge in [0, 0.05) is 18.7 Å². The van der Waals surface area contributed by atoms with Crippen LogP contribution in [0.25, 0.3) is 0 Å². The molecule has 11 heteroatoms. The summed E-state index contributed by atoms with van der Waals surface area (Å²) in [6.45, 7) is -0.116. The highest BCUT2D eigenvalue weighted by Gasteiger charge is 2.31. The van der Waals surface area contributed by atoms with Crippen LogP contribution in [0.2, 0.25) is 5.02 Å². The Kier molecular flexibility index (Phi) is 6.73. The number of carbonyl (C=O) groups is 2. The van der Waals surface area contributed by atoms with Gasteiger partial charge >= 0.3 is 12.1 Å². The Hall–Kier alpha value is -2.43. The molecule has 0 aliphatic carbocycles. The molecule has 1 aliphatic heterocycles. The third-order valence-electron chi connectivity index (χ3n) is 4.70. The van der Waals surface area contributed by atoms with Crippen LogP contribution in [0.4, 0.5) is 13.2 Å². The van der Waals surface area contributed by atoms with Gasteiger partial charge in [-0.3, -0.25) is 4.79 Å². The van der Waals surface area contributed by atoms with E-state index in [9.17, 15) is 31.2 Å². The number of ether oxygens (including phenoxy) is 1. The lowest BCUT2D eigenvalue weighted by Crippen LogP contribution is -2.28. The van der Waals surface area contributed by atoms with Crippen molar-refractivity contribution in [2.45, 2.75) is 23.9 Å². The molecule has 2 aromatic carbocycles. The predicted molar refractivity (Wildman–Crippen MR) is 106 cm³/mol. The van der Waals surface area contributed by atoms with Crippen molar-refractivity contribution >= 4 is 33.4 Å². The molecule has 1 fully saturated rings. The van der Waals surface area contributed by atoms with Crippen LogP contribution >= 0.6 is 11.6 Å². The van der Waals surface area contributed by atoms with Gasteiger partial charge in [0.2, 0.25) is 10.0 Å². The molecule has 0 unspecified atom stereocenters. The lowest BCUT2D eigenvalue weighted by Gasteiger charge is -2.17. The van der Waals surface area contributed by atoms with Crippen LogP contribution < -0.4 is 0 Å². The van der Waals surface area contributed by atoms with Crippen LogP contribution in [0.1, 0.15) is 39.1 Å². The first-order valence-electron chi connectivity index (χ1n) is 9.17. The van der Waals surface area contributed by atoms with Crippen LogP contribution in [0.5, 0.6) is 0 Å². The summed E-state index contributed by atoms with van der Waals surface area (Å²) in [5, 5.41) is -0.0662. The van der Waals surface area contributed by atoms with Crippen LogP contribution in [-0.2, 0) is 20.9 Å². The lowest BCUT2D eigenvalue weighted by molar-refractivity contribution is -0.137. The molecular weight excluding hydrogens is 459 g/mol. The van der Waals surface area contributed by atoms with Crippen molar-refractivity contribution in [2.24, 2.45) is 0 Å². The second-order valence-electron chi connectivity index (χ2n) is 6.83. The lowest BCUT2D eigenvalue weighted by atomic mass is 10.1. The topological polar surface area (TPSA) is 80.8 Å². The molecule has 0 radical (unpaired) electrons. The van der Waals surface area contributed by atoms with Gasteiger partial charge in [-0.05, 0) is 43.2 Å². The third kappa shape index (κ3) is 5.25. The number of nitrogens with zero attached hydrogens (tertiary/aromatic N) is 1. The monoisotopic (exact) mass is 475 g/mol. The zero-order valence-electron chi connectivity index (χ0n) is 16.0. The van der Waals surface area contributed by atoms with Crippen LogP contribution in [0, 0.1) is 0 Å². The van der Waals surface area contributed by atoms with Gasteiger partial charge in [-0.2, -0.15) is 17.5 Å². The number of hydrogen-bond donors (Lipinski definition) is 0. The van der Waals surface area contributed by atoms with E-state index < -0.39 is 40.1 Å². The van der Waals surface area contributed by atoms with E-state index in [4.69, 9.17) is 16.3 Å². The number of alkyl halides is 3. The van der Waals surface area contributed by atoms with Crippen LogP contribution in [-0.4, -0.2) is 44.2 Å². The number of carbonyl (C=O) groups excluding carboxylic acids is 2. The molecule has 0 atom stereocenters. The molecule has 6 nitrogen and oxygen atoms in total. The Labute approximate surface area is 181 Å². The molecule has 31 heavy (non-hydrogen) atoms. The van der Waals surface area contributed by atoms with Gasteiger partial charge in [-0.1, -0.05) is 23.7 Å².